The molecular weight excluding hydrogens is 408 g/mol. The van der Waals surface area contributed by atoms with Crippen molar-refractivity contribution in [3.05, 3.63) is 59.1 Å². The maximum Gasteiger partial charge on any atom is 0.162 e. The number of hydrogen-bond acceptors (Lipinski definition) is 6. The summed E-state index contributed by atoms with van der Waals surface area (Å²) in [6.07, 6.45) is 1.31. The molecule has 2 heterocycles. The van der Waals surface area contributed by atoms with Gasteiger partial charge in [0.15, 0.2) is 11.6 Å². The number of hydrogen-bond donors (Lipinski definition) is 2. The van der Waals surface area contributed by atoms with Crippen LogP contribution in [0.4, 0.5) is 8.78 Å². The fourth-order valence-electron chi connectivity index (χ4n) is 3.66. The highest BCUT2D eigenvalue weighted by atomic mass is 32.1. The number of nitrogens with one attached hydrogen (secondary N) is 1. The highest BCUT2D eigenvalue weighted by Gasteiger charge is 2.21. The molecule has 4 rings (SSSR count). The van der Waals surface area contributed by atoms with Crippen LogP contribution in [0.5, 0.6) is 5.75 Å². The number of piperidine rings is 1. The van der Waals surface area contributed by atoms with Gasteiger partial charge in [0.05, 0.1) is 10.2 Å². The molecule has 3 aromatic rings. The minimum absolute atomic E-state index is 0.0425. The molecule has 8 heteroatoms. The zero-order valence-corrected chi connectivity index (χ0v) is 17.4. The molecular formula is C22H25F2N3O2S. The number of nitrogens with zero attached hydrogens (tertiary/aromatic N) is 2. The van der Waals surface area contributed by atoms with E-state index < -0.39 is 17.7 Å². The van der Waals surface area contributed by atoms with Gasteiger partial charge < -0.3 is 20.1 Å². The number of fused-ring (bicyclic) bond motifs is 1. The summed E-state index contributed by atoms with van der Waals surface area (Å²) >= 11 is 1.72. The van der Waals surface area contributed by atoms with Crippen LogP contribution in [0, 0.1) is 11.6 Å². The molecule has 2 N–H and O–H groups in total. The lowest BCUT2D eigenvalue weighted by Gasteiger charge is -2.33. The number of ether oxygens (including phenoxy) is 1. The fraction of sp³-hybridized carbons (Fsp3) is 0.409. The van der Waals surface area contributed by atoms with Crippen molar-refractivity contribution in [2.45, 2.75) is 31.5 Å². The Kier molecular flexibility index (Phi) is 6.89. The average molecular weight is 434 g/mol. The fourth-order valence-corrected chi connectivity index (χ4v) is 4.57. The van der Waals surface area contributed by atoms with Gasteiger partial charge in [-0.25, -0.2) is 13.8 Å². The molecule has 0 spiro atoms. The normalized spacial score (nSPS) is 16.8. The lowest BCUT2D eigenvalue weighted by atomic mass is 10.0. The minimum Gasteiger partial charge on any atom is -0.491 e. The van der Waals surface area contributed by atoms with Gasteiger partial charge in [-0.15, -0.1) is 11.3 Å². The Morgan fingerprint density at radius 2 is 1.97 bits per heavy atom. The number of halogens is 2. The van der Waals surface area contributed by atoms with Gasteiger partial charge in [0.25, 0.3) is 0 Å². The van der Waals surface area contributed by atoms with Gasteiger partial charge in [0.2, 0.25) is 0 Å². The molecule has 1 aromatic heterocycles. The quantitative estimate of drug-likeness (QED) is 0.569. The third kappa shape index (κ3) is 5.51. The lowest BCUT2D eigenvalue weighted by Crippen LogP contribution is -2.45. The second-order valence-electron chi connectivity index (χ2n) is 7.57. The first-order valence-corrected chi connectivity index (χ1v) is 10.9. The summed E-state index contributed by atoms with van der Waals surface area (Å²) in [5, 5.41) is 14.9. The molecule has 2 aromatic carbocycles. The molecule has 0 bridgehead atoms. The second-order valence-corrected chi connectivity index (χ2v) is 8.69. The van der Waals surface area contributed by atoms with Crippen molar-refractivity contribution in [2.75, 3.05) is 26.2 Å². The molecule has 1 fully saturated rings. The van der Waals surface area contributed by atoms with Gasteiger partial charge >= 0.3 is 0 Å². The van der Waals surface area contributed by atoms with E-state index in [1.54, 1.807) is 11.3 Å². The molecule has 1 saturated heterocycles. The number of rotatable bonds is 8. The molecule has 0 amide bonds. The maximum absolute atomic E-state index is 13.2. The summed E-state index contributed by atoms with van der Waals surface area (Å²) in [6, 6.07) is 12.0. The van der Waals surface area contributed by atoms with E-state index in [1.165, 1.54) is 10.8 Å². The highest BCUT2D eigenvalue weighted by molar-refractivity contribution is 7.18. The van der Waals surface area contributed by atoms with Crippen molar-refractivity contribution in [3.8, 4) is 5.75 Å². The SMILES string of the molecule is O[C@@H](COc1ccc(F)c(F)c1)CN1CCC(NCc2nc3ccccc3s2)CC1. The van der Waals surface area contributed by atoms with Crippen LogP contribution in [0.3, 0.4) is 0 Å². The molecule has 5 nitrogen and oxygen atoms in total. The standard InChI is InChI=1S/C22H25F2N3O2S/c23-18-6-5-17(11-19(18)24)29-14-16(28)13-27-9-7-15(8-10-27)25-12-22-26-20-3-1-2-4-21(20)30-22/h1-6,11,15-16,25,28H,7-10,12-14H2/t16-/m1/s1. The second kappa shape index (κ2) is 9.78. The Bertz CT molecular complexity index is 943. The van der Waals surface area contributed by atoms with E-state index in [9.17, 15) is 13.9 Å². The van der Waals surface area contributed by atoms with E-state index in [2.05, 4.69) is 21.3 Å². The number of β-amino-alcohol motifs (C(OH)–C–C–N with tert-alkyl or cyclic N) is 1. The molecule has 0 saturated carbocycles. The van der Waals surface area contributed by atoms with Crippen LogP contribution in [0.25, 0.3) is 10.2 Å². The van der Waals surface area contributed by atoms with Gasteiger partial charge in [-0.3, -0.25) is 0 Å². The van der Waals surface area contributed by atoms with Crippen LogP contribution >= 0.6 is 11.3 Å². The van der Waals surface area contributed by atoms with Gasteiger partial charge in [0, 0.05) is 25.2 Å². The van der Waals surface area contributed by atoms with Crippen LogP contribution in [0.15, 0.2) is 42.5 Å². The van der Waals surface area contributed by atoms with Gasteiger partial charge in [-0.2, -0.15) is 0 Å². The predicted molar refractivity (Wildman–Crippen MR) is 114 cm³/mol. The summed E-state index contributed by atoms with van der Waals surface area (Å²) < 4.78 is 32.7. The first-order valence-electron chi connectivity index (χ1n) is 10.1. The number of likely N-dealkylation sites (tertiary alicyclic amines) is 1. The Morgan fingerprint density at radius 3 is 2.73 bits per heavy atom. The minimum atomic E-state index is -0.956. The van der Waals surface area contributed by atoms with Crippen LogP contribution in [-0.2, 0) is 6.54 Å². The summed E-state index contributed by atoms with van der Waals surface area (Å²) in [6.45, 7) is 3.09. The van der Waals surface area contributed by atoms with E-state index >= 15 is 0 Å². The van der Waals surface area contributed by atoms with Crippen LogP contribution < -0.4 is 10.1 Å². The van der Waals surface area contributed by atoms with E-state index in [0.717, 1.165) is 55.1 Å². The van der Waals surface area contributed by atoms with E-state index in [0.29, 0.717) is 12.6 Å². The molecule has 1 aliphatic heterocycles. The largest absolute Gasteiger partial charge is 0.491 e. The lowest BCUT2D eigenvalue weighted by molar-refractivity contribution is 0.0577. The Balaban J connectivity index is 1.16. The van der Waals surface area contributed by atoms with Gasteiger partial charge in [-0.05, 0) is 50.2 Å². The van der Waals surface area contributed by atoms with Crippen LogP contribution in [-0.4, -0.2) is 53.4 Å². The van der Waals surface area contributed by atoms with Gasteiger partial charge in [0.1, 0.15) is 23.5 Å². The predicted octanol–water partition coefficient (Wildman–Crippen LogP) is 3.57. The van der Waals surface area contributed by atoms with Crippen molar-refractivity contribution in [1.29, 1.82) is 0 Å². The Labute approximate surface area is 178 Å². The Hall–Kier alpha value is -2.13. The van der Waals surface area contributed by atoms with Crippen molar-refractivity contribution in [3.63, 3.8) is 0 Å². The third-order valence-electron chi connectivity index (χ3n) is 5.27. The number of aliphatic hydroxyl groups is 1. The summed E-state index contributed by atoms with van der Waals surface area (Å²) in [7, 11) is 0. The number of aromatic nitrogens is 1. The smallest absolute Gasteiger partial charge is 0.162 e. The number of thiazole rings is 1. The molecule has 160 valence electrons. The zero-order valence-electron chi connectivity index (χ0n) is 16.6. The average Bonchev–Trinajstić information content (AvgIpc) is 3.17. The topological polar surface area (TPSA) is 57.6 Å². The summed E-state index contributed by atoms with van der Waals surface area (Å²) in [4.78, 5) is 6.86. The maximum atomic E-state index is 13.2. The van der Waals surface area contributed by atoms with E-state index in [1.807, 2.05) is 18.2 Å². The number of aliphatic hydroxyl groups excluding tert-OH is 1. The van der Waals surface area contributed by atoms with E-state index in [-0.39, 0.29) is 12.4 Å². The Morgan fingerprint density at radius 1 is 1.17 bits per heavy atom. The molecule has 0 unspecified atom stereocenters. The highest BCUT2D eigenvalue weighted by Crippen LogP contribution is 2.22. The summed E-state index contributed by atoms with van der Waals surface area (Å²) in [5.41, 5.74) is 1.05. The number of benzene rings is 2. The van der Waals surface area contributed by atoms with Crippen LogP contribution in [0.1, 0.15) is 17.8 Å². The van der Waals surface area contributed by atoms with Crippen molar-refractivity contribution in [1.82, 2.24) is 15.2 Å². The van der Waals surface area contributed by atoms with Crippen molar-refractivity contribution >= 4 is 21.6 Å². The van der Waals surface area contributed by atoms with Crippen LogP contribution in [0.2, 0.25) is 0 Å². The molecule has 0 aliphatic carbocycles. The van der Waals surface area contributed by atoms with Gasteiger partial charge in [-0.1, -0.05) is 12.1 Å². The summed E-state index contributed by atoms with van der Waals surface area (Å²) in [5.74, 6) is -1.66. The zero-order chi connectivity index (χ0) is 20.9. The first kappa shape index (κ1) is 21.1. The molecule has 1 atom stereocenters. The third-order valence-corrected chi connectivity index (χ3v) is 6.31. The van der Waals surface area contributed by atoms with Crippen molar-refractivity contribution in [2.24, 2.45) is 0 Å². The molecule has 30 heavy (non-hydrogen) atoms. The molecule has 0 radical (unpaired) electrons. The first-order chi connectivity index (χ1) is 14.6. The molecule has 1 aliphatic rings. The monoisotopic (exact) mass is 433 g/mol. The van der Waals surface area contributed by atoms with E-state index in [4.69, 9.17) is 4.74 Å². The number of para-hydroxylation sites is 1. The van der Waals surface area contributed by atoms with Crippen molar-refractivity contribution < 1.29 is 18.6 Å².